The molecule has 5 N–H and O–H groups in total. The fourth-order valence-corrected chi connectivity index (χ4v) is 2.38. The van der Waals surface area contributed by atoms with E-state index in [2.05, 4.69) is 17.2 Å². The molecule has 0 saturated carbocycles. The minimum atomic E-state index is -1.28. The van der Waals surface area contributed by atoms with Crippen LogP contribution >= 0.6 is 0 Å². The van der Waals surface area contributed by atoms with E-state index in [-0.39, 0.29) is 12.2 Å². The summed E-state index contributed by atoms with van der Waals surface area (Å²) in [6.45, 7) is 1.26. The molecule has 1 aromatic carbocycles. The van der Waals surface area contributed by atoms with Crippen molar-refractivity contribution in [1.82, 2.24) is 15.4 Å². The molecular formula is C19H21N3O5. The average Bonchev–Trinajstić information content (AvgIpc) is 3.03. The van der Waals surface area contributed by atoms with Gasteiger partial charge in [-0.1, -0.05) is 5.92 Å². The number of benzene rings is 1. The number of nitrogens with zero attached hydrogens (tertiary/aromatic N) is 1. The molecule has 0 aliphatic heterocycles. The monoisotopic (exact) mass is 371 g/mol. The Balaban J connectivity index is 2.10. The van der Waals surface area contributed by atoms with E-state index in [1.165, 1.54) is 12.4 Å². The molecule has 0 unspecified atom stereocenters. The molecule has 0 fully saturated rings. The maximum atomic E-state index is 12.2. The highest BCUT2D eigenvalue weighted by Crippen LogP contribution is 2.08. The molecule has 8 heteroatoms. The third-order valence-corrected chi connectivity index (χ3v) is 4.03. The Labute approximate surface area is 156 Å². The number of carbonyl (C=O) groups excluding carboxylic acids is 2. The first-order chi connectivity index (χ1) is 12.9. The molecule has 0 spiro atoms. The van der Waals surface area contributed by atoms with Crippen LogP contribution in [0, 0.1) is 11.8 Å². The number of amides is 2. The normalized spacial score (nSPS) is 12.5. The van der Waals surface area contributed by atoms with Crippen molar-refractivity contribution in [2.75, 3.05) is 0 Å². The maximum absolute atomic E-state index is 12.2. The van der Waals surface area contributed by atoms with Crippen LogP contribution in [0.1, 0.15) is 34.2 Å². The zero-order valence-electron chi connectivity index (χ0n) is 14.9. The molecule has 8 nitrogen and oxygen atoms in total. The van der Waals surface area contributed by atoms with Crippen molar-refractivity contribution in [3.05, 3.63) is 58.9 Å². The lowest BCUT2D eigenvalue weighted by atomic mass is 10.1. The molecule has 0 aliphatic rings. The van der Waals surface area contributed by atoms with Gasteiger partial charge in [-0.05, 0) is 49.2 Å². The summed E-state index contributed by atoms with van der Waals surface area (Å²) in [5.41, 5.74) is 3.86. The Morgan fingerprint density at radius 3 is 2.33 bits per heavy atom. The highest BCUT2D eigenvalue weighted by atomic mass is 16.5. The number of rotatable bonds is 5. The van der Waals surface area contributed by atoms with E-state index < -0.39 is 24.0 Å². The van der Waals surface area contributed by atoms with Crippen LogP contribution in [-0.2, 0) is 18.4 Å². The van der Waals surface area contributed by atoms with Gasteiger partial charge in [-0.2, -0.15) is 0 Å². The maximum Gasteiger partial charge on any atom is 0.268 e. The SMILES string of the molecule is C[C@H](O)[C@H](NC(=O)c1ccc(C#Cc2ccc(CO)n2C)cc1)C(=O)NO. The highest BCUT2D eigenvalue weighted by Gasteiger charge is 2.25. The minimum Gasteiger partial charge on any atom is -0.391 e. The van der Waals surface area contributed by atoms with Crippen LogP contribution in [0.3, 0.4) is 0 Å². The van der Waals surface area contributed by atoms with Crippen LogP contribution in [0.5, 0.6) is 0 Å². The van der Waals surface area contributed by atoms with Gasteiger partial charge < -0.3 is 20.1 Å². The Kier molecular flexibility index (Phi) is 6.73. The smallest absolute Gasteiger partial charge is 0.268 e. The van der Waals surface area contributed by atoms with E-state index in [1.54, 1.807) is 34.9 Å². The summed E-state index contributed by atoms with van der Waals surface area (Å²) in [6.07, 6.45) is -1.18. The van der Waals surface area contributed by atoms with Crippen molar-refractivity contribution in [3.8, 4) is 11.8 Å². The van der Waals surface area contributed by atoms with E-state index in [0.29, 0.717) is 5.56 Å². The van der Waals surface area contributed by atoms with Crippen molar-refractivity contribution in [2.45, 2.75) is 25.7 Å². The third-order valence-electron chi connectivity index (χ3n) is 4.03. The summed E-state index contributed by atoms with van der Waals surface area (Å²) in [7, 11) is 1.81. The van der Waals surface area contributed by atoms with Gasteiger partial charge in [0.2, 0.25) is 0 Å². The van der Waals surface area contributed by atoms with Gasteiger partial charge in [0.25, 0.3) is 11.8 Å². The lowest BCUT2D eigenvalue weighted by Crippen LogP contribution is -2.51. The minimum absolute atomic E-state index is 0.0657. The standard InChI is InChI=1S/C19H21N3O5/c1-12(24)17(19(26)21-27)20-18(25)14-6-3-13(4-7-14)5-8-15-9-10-16(11-23)22(15)2/h3-4,6-7,9-10,12,17,23-24,27H,11H2,1-2H3,(H,20,25)(H,21,26)/t12-,17-/m0/s1. The Hall–Kier alpha value is -3.12. The zero-order chi connectivity index (χ0) is 20.0. The van der Waals surface area contributed by atoms with E-state index in [1.807, 2.05) is 13.1 Å². The van der Waals surface area contributed by atoms with Gasteiger partial charge in [-0.3, -0.25) is 14.8 Å². The van der Waals surface area contributed by atoms with Gasteiger partial charge in [0.05, 0.1) is 18.4 Å². The molecule has 1 aromatic heterocycles. The summed E-state index contributed by atoms with van der Waals surface area (Å²) in [6, 6.07) is 8.71. The molecule has 27 heavy (non-hydrogen) atoms. The van der Waals surface area contributed by atoms with Crippen LogP contribution in [0.15, 0.2) is 36.4 Å². The second-order valence-corrected chi connectivity index (χ2v) is 5.92. The van der Waals surface area contributed by atoms with E-state index in [0.717, 1.165) is 11.4 Å². The van der Waals surface area contributed by atoms with Crippen molar-refractivity contribution >= 4 is 11.8 Å². The van der Waals surface area contributed by atoms with Crippen LogP contribution < -0.4 is 10.8 Å². The number of hydroxylamine groups is 1. The predicted molar refractivity (Wildman–Crippen MR) is 96.6 cm³/mol. The molecule has 0 radical (unpaired) electrons. The summed E-state index contributed by atoms with van der Waals surface area (Å²) in [5, 5.41) is 29.8. The number of aliphatic hydroxyl groups excluding tert-OH is 2. The number of aromatic nitrogens is 1. The quantitative estimate of drug-likeness (QED) is 0.285. The molecule has 2 amide bonds. The summed E-state index contributed by atoms with van der Waals surface area (Å²) in [4.78, 5) is 23.7. The Morgan fingerprint density at radius 1 is 1.15 bits per heavy atom. The van der Waals surface area contributed by atoms with Gasteiger partial charge >= 0.3 is 0 Å². The number of nitrogens with one attached hydrogen (secondary N) is 2. The molecule has 2 aromatic rings. The van der Waals surface area contributed by atoms with Crippen LogP contribution in [0.25, 0.3) is 0 Å². The molecule has 2 rings (SSSR count). The predicted octanol–water partition coefficient (Wildman–Crippen LogP) is -0.0982. The zero-order valence-corrected chi connectivity index (χ0v) is 14.9. The first-order valence-electron chi connectivity index (χ1n) is 8.17. The number of hydrogen-bond donors (Lipinski definition) is 5. The molecule has 0 saturated heterocycles. The first-order valence-corrected chi connectivity index (χ1v) is 8.17. The second kappa shape index (κ2) is 9.00. The lowest BCUT2D eigenvalue weighted by molar-refractivity contribution is -0.133. The van der Waals surface area contributed by atoms with Crippen molar-refractivity contribution in [1.29, 1.82) is 0 Å². The van der Waals surface area contributed by atoms with Crippen molar-refractivity contribution < 1.29 is 25.0 Å². The van der Waals surface area contributed by atoms with E-state index >= 15 is 0 Å². The highest BCUT2D eigenvalue weighted by molar-refractivity contribution is 5.97. The van der Waals surface area contributed by atoms with Gasteiger partial charge in [0.15, 0.2) is 0 Å². The number of carbonyl (C=O) groups is 2. The summed E-state index contributed by atoms with van der Waals surface area (Å²) < 4.78 is 1.79. The van der Waals surface area contributed by atoms with Crippen molar-refractivity contribution in [3.63, 3.8) is 0 Å². The molecule has 0 bridgehead atoms. The molecule has 1 heterocycles. The molecular weight excluding hydrogens is 350 g/mol. The van der Waals surface area contributed by atoms with Crippen LogP contribution in [0.4, 0.5) is 0 Å². The summed E-state index contributed by atoms with van der Waals surface area (Å²) >= 11 is 0. The van der Waals surface area contributed by atoms with Gasteiger partial charge in [-0.15, -0.1) is 0 Å². The number of hydrogen-bond acceptors (Lipinski definition) is 5. The van der Waals surface area contributed by atoms with Crippen LogP contribution in [-0.4, -0.2) is 43.9 Å². The van der Waals surface area contributed by atoms with Crippen LogP contribution in [0.2, 0.25) is 0 Å². The van der Waals surface area contributed by atoms with E-state index in [4.69, 9.17) is 5.21 Å². The first kappa shape index (κ1) is 20.2. The summed E-state index contributed by atoms with van der Waals surface area (Å²) in [5.74, 6) is 4.48. The molecule has 2 atom stereocenters. The van der Waals surface area contributed by atoms with Crippen molar-refractivity contribution in [2.24, 2.45) is 7.05 Å². The van der Waals surface area contributed by atoms with Gasteiger partial charge in [0.1, 0.15) is 6.04 Å². The molecule has 0 aliphatic carbocycles. The largest absolute Gasteiger partial charge is 0.391 e. The second-order valence-electron chi connectivity index (χ2n) is 5.92. The van der Waals surface area contributed by atoms with Gasteiger partial charge in [0, 0.05) is 23.9 Å². The van der Waals surface area contributed by atoms with E-state index in [9.17, 15) is 19.8 Å². The fourth-order valence-electron chi connectivity index (χ4n) is 2.38. The third kappa shape index (κ3) is 4.95. The Bertz CT molecular complexity index is 875. The molecule has 142 valence electrons. The van der Waals surface area contributed by atoms with Gasteiger partial charge in [-0.25, -0.2) is 5.48 Å². The topological polar surface area (TPSA) is 124 Å². The number of aliphatic hydroxyl groups is 2. The lowest BCUT2D eigenvalue weighted by Gasteiger charge is -2.19. The average molecular weight is 371 g/mol. The fraction of sp³-hybridized carbons (Fsp3) is 0.263. The Morgan fingerprint density at radius 2 is 1.81 bits per heavy atom.